The molecule has 2 heterocycles. The number of nitrogens with zero attached hydrogens (tertiary/aromatic N) is 1. The Morgan fingerprint density at radius 2 is 2.46 bits per heavy atom. The average Bonchev–Trinajstić information content (AvgIpc) is 2.53. The minimum absolute atomic E-state index is 0.0645. The first-order valence-corrected chi connectivity index (χ1v) is 4.41. The van der Waals surface area contributed by atoms with E-state index in [9.17, 15) is 4.79 Å². The molecular weight excluding hydrogens is 166 g/mol. The summed E-state index contributed by atoms with van der Waals surface area (Å²) in [6.45, 7) is 3.98. The molecule has 0 fully saturated rings. The second kappa shape index (κ2) is 2.88. The highest BCUT2D eigenvalue weighted by molar-refractivity contribution is 5.51. The topological polar surface area (TPSA) is 60.0 Å². The number of fused-ring (bicyclic) bond motifs is 1. The van der Waals surface area contributed by atoms with Crippen molar-refractivity contribution in [3.8, 4) is 0 Å². The maximum Gasteiger partial charge on any atom is 0.252 e. The molecule has 0 aliphatic carbocycles. The van der Waals surface area contributed by atoms with E-state index >= 15 is 0 Å². The number of pyridine rings is 1. The fraction of sp³-hybridized carbons (Fsp3) is 0.444. The lowest BCUT2D eigenvalue weighted by atomic mass is 10.1. The molecule has 1 aliphatic rings. The van der Waals surface area contributed by atoms with Crippen molar-refractivity contribution in [3.05, 3.63) is 27.5 Å². The van der Waals surface area contributed by atoms with Gasteiger partial charge >= 0.3 is 0 Å². The van der Waals surface area contributed by atoms with Gasteiger partial charge in [0.1, 0.15) is 5.82 Å². The summed E-state index contributed by atoms with van der Waals surface area (Å²) in [4.78, 5) is 11.5. The molecule has 0 spiro atoms. The Morgan fingerprint density at radius 3 is 3.15 bits per heavy atom. The van der Waals surface area contributed by atoms with Crippen LogP contribution in [0, 0.1) is 6.92 Å². The maximum absolute atomic E-state index is 11.5. The van der Waals surface area contributed by atoms with Crippen LogP contribution in [-0.2, 0) is 13.1 Å². The standard InChI is InChI=1S/C9H13N3O/c1-6-4-8(13)12-3-2-11-9(12)7(6)5-10/h4,11H,2-3,5,10H2,1H3. The number of aryl methyl sites for hydroxylation is 1. The van der Waals surface area contributed by atoms with Crippen molar-refractivity contribution in [1.29, 1.82) is 0 Å². The first-order chi connectivity index (χ1) is 6.24. The third-order valence-electron chi connectivity index (χ3n) is 2.47. The monoisotopic (exact) mass is 179 g/mol. The van der Waals surface area contributed by atoms with Crippen molar-refractivity contribution in [1.82, 2.24) is 4.57 Å². The molecule has 4 heteroatoms. The van der Waals surface area contributed by atoms with Crippen LogP contribution in [0.4, 0.5) is 5.82 Å². The summed E-state index contributed by atoms with van der Waals surface area (Å²) in [6.07, 6.45) is 0. The summed E-state index contributed by atoms with van der Waals surface area (Å²) in [6, 6.07) is 1.65. The quantitative estimate of drug-likeness (QED) is 0.640. The molecule has 70 valence electrons. The molecule has 1 aromatic rings. The Kier molecular flexibility index (Phi) is 1.84. The molecule has 0 amide bonds. The second-order valence-corrected chi connectivity index (χ2v) is 3.28. The zero-order chi connectivity index (χ0) is 9.42. The van der Waals surface area contributed by atoms with Crippen LogP contribution in [0.5, 0.6) is 0 Å². The second-order valence-electron chi connectivity index (χ2n) is 3.28. The van der Waals surface area contributed by atoms with Gasteiger partial charge in [0.05, 0.1) is 0 Å². The van der Waals surface area contributed by atoms with E-state index < -0.39 is 0 Å². The molecule has 0 saturated heterocycles. The summed E-state index contributed by atoms with van der Waals surface area (Å²) in [7, 11) is 0. The maximum atomic E-state index is 11.5. The van der Waals surface area contributed by atoms with E-state index in [-0.39, 0.29) is 5.56 Å². The largest absolute Gasteiger partial charge is 0.369 e. The van der Waals surface area contributed by atoms with E-state index in [1.54, 1.807) is 10.6 Å². The van der Waals surface area contributed by atoms with Crippen molar-refractivity contribution < 1.29 is 0 Å². The number of anilines is 1. The van der Waals surface area contributed by atoms with Crippen LogP contribution in [-0.4, -0.2) is 11.1 Å². The summed E-state index contributed by atoms with van der Waals surface area (Å²) < 4.78 is 1.75. The predicted octanol–water partition coefficient (Wildman–Crippen LogP) is 0.0409. The zero-order valence-electron chi connectivity index (χ0n) is 7.63. The van der Waals surface area contributed by atoms with Crippen LogP contribution in [0.3, 0.4) is 0 Å². The average molecular weight is 179 g/mol. The number of rotatable bonds is 1. The van der Waals surface area contributed by atoms with Crippen molar-refractivity contribution in [2.45, 2.75) is 20.0 Å². The van der Waals surface area contributed by atoms with Crippen molar-refractivity contribution in [2.24, 2.45) is 5.73 Å². The van der Waals surface area contributed by atoms with E-state index in [4.69, 9.17) is 5.73 Å². The molecule has 1 aliphatic heterocycles. The number of hydrogen-bond donors (Lipinski definition) is 2. The van der Waals surface area contributed by atoms with E-state index in [0.717, 1.165) is 30.0 Å². The summed E-state index contributed by atoms with van der Waals surface area (Å²) >= 11 is 0. The zero-order valence-corrected chi connectivity index (χ0v) is 7.63. The molecule has 0 aromatic carbocycles. The van der Waals surface area contributed by atoms with Gasteiger partial charge in [-0.3, -0.25) is 9.36 Å². The van der Waals surface area contributed by atoms with Gasteiger partial charge in [0, 0.05) is 31.3 Å². The van der Waals surface area contributed by atoms with E-state index in [0.29, 0.717) is 6.54 Å². The number of hydrogen-bond acceptors (Lipinski definition) is 3. The van der Waals surface area contributed by atoms with Gasteiger partial charge < -0.3 is 11.1 Å². The molecule has 0 unspecified atom stereocenters. The summed E-state index contributed by atoms with van der Waals surface area (Å²) in [5, 5.41) is 3.18. The number of nitrogens with two attached hydrogens (primary N) is 1. The highest BCUT2D eigenvalue weighted by atomic mass is 16.1. The lowest BCUT2D eigenvalue weighted by Gasteiger charge is -2.10. The Hall–Kier alpha value is -1.29. The first-order valence-electron chi connectivity index (χ1n) is 4.41. The lowest BCUT2D eigenvalue weighted by molar-refractivity contribution is 0.764. The predicted molar refractivity (Wildman–Crippen MR) is 51.8 cm³/mol. The fourth-order valence-electron chi connectivity index (χ4n) is 1.78. The van der Waals surface area contributed by atoms with Gasteiger partial charge in [0.25, 0.3) is 5.56 Å². The molecule has 0 saturated carbocycles. The molecule has 0 bridgehead atoms. The Morgan fingerprint density at radius 1 is 1.69 bits per heavy atom. The minimum atomic E-state index is 0.0645. The van der Waals surface area contributed by atoms with Crippen LogP contribution >= 0.6 is 0 Å². The van der Waals surface area contributed by atoms with E-state index in [1.807, 2.05) is 6.92 Å². The molecule has 3 N–H and O–H groups in total. The molecule has 4 nitrogen and oxygen atoms in total. The molecule has 0 radical (unpaired) electrons. The Bertz CT molecular complexity index is 395. The fourth-order valence-corrected chi connectivity index (χ4v) is 1.78. The lowest BCUT2D eigenvalue weighted by Crippen LogP contribution is -2.19. The number of nitrogens with one attached hydrogen (secondary N) is 1. The highest BCUT2D eigenvalue weighted by Crippen LogP contribution is 2.19. The van der Waals surface area contributed by atoms with E-state index in [1.165, 1.54) is 0 Å². The van der Waals surface area contributed by atoms with Gasteiger partial charge in [-0.1, -0.05) is 0 Å². The molecule has 0 atom stereocenters. The third-order valence-corrected chi connectivity index (χ3v) is 2.47. The van der Waals surface area contributed by atoms with Crippen LogP contribution < -0.4 is 16.6 Å². The smallest absolute Gasteiger partial charge is 0.252 e. The number of aromatic nitrogens is 1. The highest BCUT2D eigenvalue weighted by Gasteiger charge is 2.16. The van der Waals surface area contributed by atoms with Crippen LogP contribution in [0.2, 0.25) is 0 Å². The molecule has 13 heavy (non-hydrogen) atoms. The van der Waals surface area contributed by atoms with Gasteiger partial charge in [0.2, 0.25) is 0 Å². The van der Waals surface area contributed by atoms with Crippen molar-refractivity contribution in [3.63, 3.8) is 0 Å². The SMILES string of the molecule is Cc1cc(=O)n2c(c1CN)NCC2. The molecule has 1 aromatic heterocycles. The van der Waals surface area contributed by atoms with Gasteiger partial charge in [-0.05, 0) is 12.5 Å². The van der Waals surface area contributed by atoms with Gasteiger partial charge in [-0.2, -0.15) is 0 Å². The molecular formula is C9H13N3O. The van der Waals surface area contributed by atoms with Crippen LogP contribution in [0.15, 0.2) is 10.9 Å². The third kappa shape index (κ3) is 1.14. The van der Waals surface area contributed by atoms with Crippen LogP contribution in [0.25, 0.3) is 0 Å². The first kappa shape index (κ1) is 8.31. The normalized spacial score (nSPS) is 14.0. The van der Waals surface area contributed by atoms with Crippen molar-refractivity contribution >= 4 is 5.82 Å². The van der Waals surface area contributed by atoms with Gasteiger partial charge in [-0.15, -0.1) is 0 Å². The Balaban J connectivity index is 2.72. The molecule has 2 rings (SSSR count). The summed E-state index contributed by atoms with van der Waals surface area (Å²) in [5.74, 6) is 0.910. The van der Waals surface area contributed by atoms with Crippen LogP contribution in [0.1, 0.15) is 11.1 Å². The van der Waals surface area contributed by atoms with Crippen molar-refractivity contribution in [2.75, 3.05) is 11.9 Å². The van der Waals surface area contributed by atoms with Gasteiger partial charge in [-0.25, -0.2) is 0 Å². The minimum Gasteiger partial charge on any atom is -0.369 e. The Labute approximate surface area is 76.4 Å². The van der Waals surface area contributed by atoms with E-state index in [2.05, 4.69) is 5.32 Å². The summed E-state index contributed by atoms with van der Waals surface area (Å²) in [5.41, 5.74) is 7.72. The van der Waals surface area contributed by atoms with Gasteiger partial charge in [0.15, 0.2) is 0 Å².